The van der Waals surface area contributed by atoms with E-state index in [1.54, 1.807) is 17.7 Å². The van der Waals surface area contributed by atoms with Crippen molar-refractivity contribution in [3.63, 3.8) is 0 Å². The summed E-state index contributed by atoms with van der Waals surface area (Å²) in [4.78, 5) is 32.8. The molecule has 1 aliphatic rings. The number of aromatic nitrogens is 2. The summed E-state index contributed by atoms with van der Waals surface area (Å²) < 4.78 is 6.80. The Morgan fingerprint density at radius 1 is 1.29 bits per heavy atom. The number of fused-ring (bicyclic) bond motifs is 1. The molecule has 152 valence electrons. The number of nitrogens with zero attached hydrogens (tertiary/aromatic N) is 3. The highest BCUT2D eigenvalue weighted by Crippen LogP contribution is 2.29. The first-order valence-corrected chi connectivity index (χ1v) is 10.8. The van der Waals surface area contributed by atoms with Gasteiger partial charge >= 0.3 is 0 Å². The van der Waals surface area contributed by atoms with Gasteiger partial charge in [0.1, 0.15) is 0 Å². The van der Waals surface area contributed by atoms with Gasteiger partial charge in [-0.3, -0.25) is 14.2 Å². The van der Waals surface area contributed by atoms with Crippen LogP contribution in [0, 0.1) is 0 Å². The van der Waals surface area contributed by atoms with E-state index in [-0.39, 0.29) is 28.8 Å². The highest BCUT2D eigenvalue weighted by molar-refractivity contribution is 8.00. The first kappa shape index (κ1) is 20.9. The Kier molecular flexibility index (Phi) is 6.78. The predicted octanol–water partition coefficient (Wildman–Crippen LogP) is 3.31. The Balaban J connectivity index is 1.91. The topological polar surface area (TPSA) is 64.4 Å². The number of thioether (sulfide) groups is 1. The van der Waals surface area contributed by atoms with Crippen LogP contribution in [0.25, 0.3) is 10.9 Å². The van der Waals surface area contributed by atoms with E-state index in [2.05, 4.69) is 13.8 Å². The van der Waals surface area contributed by atoms with E-state index in [1.165, 1.54) is 11.8 Å². The molecule has 0 spiro atoms. The molecule has 0 bridgehead atoms. The van der Waals surface area contributed by atoms with Crippen LogP contribution in [0.1, 0.15) is 40.0 Å². The average molecular weight is 404 g/mol. The second kappa shape index (κ2) is 9.09. The van der Waals surface area contributed by atoms with Crippen molar-refractivity contribution in [2.75, 3.05) is 13.7 Å². The molecule has 3 atom stereocenters. The molecule has 6 nitrogen and oxygen atoms in total. The molecule has 1 aromatic heterocycles. The fourth-order valence-corrected chi connectivity index (χ4v) is 4.88. The van der Waals surface area contributed by atoms with Gasteiger partial charge in [-0.25, -0.2) is 4.98 Å². The smallest absolute Gasteiger partial charge is 0.262 e. The first-order chi connectivity index (χ1) is 13.4. The molecule has 0 unspecified atom stereocenters. The standard InChI is InChI=1S/C21H29N3O3S/c1-14-8-7-9-15(2)24(14)19(25)16(3)28-21-22-18-11-6-5-10-17(18)20(26)23(21)12-13-27-4/h5-6,10-11,14-16H,7-9,12-13H2,1-4H3/t14-,15-,16+/m0/s1. The first-order valence-electron chi connectivity index (χ1n) is 9.91. The zero-order chi connectivity index (χ0) is 20.3. The average Bonchev–Trinajstić information content (AvgIpc) is 2.67. The number of hydrogen-bond acceptors (Lipinski definition) is 5. The number of methoxy groups -OCH3 is 1. The van der Waals surface area contributed by atoms with Gasteiger partial charge in [0.05, 0.1) is 29.3 Å². The molecular weight excluding hydrogens is 374 g/mol. The van der Waals surface area contributed by atoms with Crippen molar-refractivity contribution in [2.24, 2.45) is 0 Å². The summed E-state index contributed by atoms with van der Waals surface area (Å²) in [6.45, 7) is 6.97. The maximum absolute atomic E-state index is 13.2. The van der Waals surface area contributed by atoms with Gasteiger partial charge in [-0.1, -0.05) is 23.9 Å². The normalized spacial score (nSPS) is 21.1. The number of likely N-dealkylation sites (tertiary alicyclic amines) is 1. The minimum absolute atomic E-state index is 0.0930. The molecule has 0 aliphatic carbocycles. The molecule has 28 heavy (non-hydrogen) atoms. The van der Waals surface area contributed by atoms with Gasteiger partial charge in [0.25, 0.3) is 5.56 Å². The lowest BCUT2D eigenvalue weighted by Gasteiger charge is -2.40. The molecule has 3 rings (SSSR count). The molecule has 2 aromatic rings. The van der Waals surface area contributed by atoms with Crippen molar-refractivity contribution in [2.45, 2.75) is 69.1 Å². The molecule has 1 amide bonds. The third-order valence-electron chi connectivity index (χ3n) is 5.42. The predicted molar refractivity (Wildman–Crippen MR) is 113 cm³/mol. The van der Waals surface area contributed by atoms with E-state index in [1.807, 2.05) is 30.0 Å². The number of para-hydroxylation sites is 1. The van der Waals surface area contributed by atoms with Crippen LogP contribution in [0.3, 0.4) is 0 Å². The number of carbonyl (C=O) groups is 1. The molecule has 2 heterocycles. The summed E-state index contributed by atoms with van der Waals surface area (Å²) in [5.41, 5.74) is 0.563. The third-order valence-corrected chi connectivity index (χ3v) is 6.50. The van der Waals surface area contributed by atoms with Crippen LogP contribution in [0.4, 0.5) is 0 Å². The van der Waals surface area contributed by atoms with Crippen LogP contribution in [0.2, 0.25) is 0 Å². The van der Waals surface area contributed by atoms with Crippen molar-refractivity contribution in [3.05, 3.63) is 34.6 Å². The highest BCUT2D eigenvalue weighted by atomic mass is 32.2. The number of amides is 1. The second-order valence-electron chi connectivity index (χ2n) is 7.50. The lowest BCUT2D eigenvalue weighted by atomic mass is 9.97. The van der Waals surface area contributed by atoms with Gasteiger partial charge in [-0.2, -0.15) is 0 Å². The molecule has 0 N–H and O–H groups in total. The molecule has 7 heteroatoms. The van der Waals surface area contributed by atoms with Crippen molar-refractivity contribution >= 4 is 28.6 Å². The highest BCUT2D eigenvalue weighted by Gasteiger charge is 2.32. The Morgan fingerprint density at radius 3 is 2.64 bits per heavy atom. The van der Waals surface area contributed by atoms with Crippen LogP contribution in [0.5, 0.6) is 0 Å². The van der Waals surface area contributed by atoms with Gasteiger partial charge < -0.3 is 9.64 Å². The maximum Gasteiger partial charge on any atom is 0.262 e. The van der Waals surface area contributed by atoms with Crippen molar-refractivity contribution < 1.29 is 9.53 Å². The van der Waals surface area contributed by atoms with Crippen LogP contribution in [0.15, 0.2) is 34.2 Å². The molecule has 1 fully saturated rings. The van der Waals surface area contributed by atoms with E-state index < -0.39 is 0 Å². The number of carbonyl (C=O) groups excluding carboxylic acids is 1. The minimum atomic E-state index is -0.315. The quantitative estimate of drug-likeness (QED) is 0.547. The van der Waals surface area contributed by atoms with Gasteiger partial charge in [-0.15, -0.1) is 0 Å². The lowest BCUT2D eigenvalue weighted by molar-refractivity contribution is -0.136. The summed E-state index contributed by atoms with van der Waals surface area (Å²) in [6, 6.07) is 7.83. The van der Waals surface area contributed by atoms with E-state index in [4.69, 9.17) is 9.72 Å². The summed E-state index contributed by atoms with van der Waals surface area (Å²) in [5.74, 6) is 0.116. The Labute approximate surface area is 170 Å². The van der Waals surface area contributed by atoms with Crippen molar-refractivity contribution in [3.8, 4) is 0 Å². The molecule has 1 aromatic carbocycles. The van der Waals surface area contributed by atoms with Crippen molar-refractivity contribution in [1.82, 2.24) is 14.5 Å². The molecule has 1 aliphatic heterocycles. The van der Waals surface area contributed by atoms with Crippen LogP contribution < -0.4 is 5.56 Å². The Morgan fingerprint density at radius 2 is 1.96 bits per heavy atom. The zero-order valence-electron chi connectivity index (χ0n) is 17.1. The van der Waals surface area contributed by atoms with E-state index in [0.29, 0.717) is 29.2 Å². The number of benzene rings is 1. The van der Waals surface area contributed by atoms with E-state index in [9.17, 15) is 9.59 Å². The fraction of sp³-hybridized carbons (Fsp3) is 0.571. The van der Waals surface area contributed by atoms with Crippen LogP contribution >= 0.6 is 11.8 Å². The molecule has 1 saturated heterocycles. The van der Waals surface area contributed by atoms with Gasteiger partial charge in [0.2, 0.25) is 5.91 Å². The van der Waals surface area contributed by atoms with E-state index in [0.717, 1.165) is 19.3 Å². The van der Waals surface area contributed by atoms with Crippen LogP contribution in [-0.2, 0) is 16.1 Å². The number of rotatable bonds is 6. The lowest BCUT2D eigenvalue weighted by Crippen LogP contribution is -2.50. The SMILES string of the molecule is COCCn1c(S[C@H](C)C(=O)N2[C@@H](C)CCC[C@@H]2C)nc2ccccc2c1=O. The summed E-state index contributed by atoms with van der Waals surface area (Å²) in [7, 11) is 1.61. The minimum Gasteiger partial charge on any atom is -0.383 e. The van der Waals surface area contributed by atoms with Gasteiger partial charge in [0.15, 0.2) is 5.16 Å². The Bertz CT molecular complexity index is 888. The number of piperidine rings is 1. The number of ether oxygens (including phenoxy) is 1. The van der Waals surface area contributed by atoms with Gasteiger partial charge in [0, 0.05) is 19.2 Å². The largest absolute Gasteiger partial charge is 0.383 e. The van der Waals surface area contributed by atoms with Gasteiger partial charge in [-0.05, 0) is 52.2 Å². The fourth-order valence-electron chi connectivity index (χ4n) is 3.89. The second-order valence-corrected chi connectivity index (χ2v) is 8.80. The summed E-state index contributed by atoms with van der Waals surface area (Å²) in [5, 5.41) is 0.837. The van der Waals surface area contributed by atoms with Crippen molar-refractivity contribution in [1.29, 1.82) is 0 Å². The zero-order valence-corrected chi connectivity index (χ0v) is 17.9. The third kappa shape index (κ3) is 4.25. The van der Waals surface area contributed by atoms with E-state index >= 15 is 0 Å². The summed E-state index contributed by atoms with van der Waals surface area (Å²) >= 11 is 1.36. The Hall–Kier alpha value is -1.86. The summed E-state index contributed by atoms with van der Waals surface area (Å²) in [6.07, 6.45) is 3.25. The maximum atomic E-state index is 13.2. The molecule has 0 saturated carbocycles. The monoisotopic (exact) mass is 403 g/mol. The number of hydrogen-bond donors (Lipinski definition) is 0. The van der Waals surface area contributed by atoms with Crippen LogP contribution in [-0.4, -0.2) is 51.4 Å². The molecule has 0 radical (unpaired) electrons. The molecular formula is C21H29N3O3S.